The third-order valence-electron chi connectivity index (χ3n) is 4.01. The molecule has 2 aromatic rings. The molecule has 1 aromatic carbocycles. The van der Waals surface area contributed by atoms with Gasteiger partial charge in [0.2, 0.25) is 0 Å². The Morgan fingerprint density at radius 1 is 1.33 bits per heavy atom. The van der Waals surface area contributed by atoms with E-state index in [1.54, 1.807) is 12.5 Å². The van der Waals surface area contributed by atoms with Gasteiger partial charge in [-0.25, -0.2) is 9.78 Å². The lowest BCUT2D eigenvalue weighted by Gasteiger charge is -2.25. The molecular weight excluding hydrogens is 328 g/mol. The molecule has 0 spiro atoms. The number of benzene rings is 1. The van der Waals surface area contributed by atoms with E-state index in [2.05, 4.69) is 4.98 Å². The van der Waals surface area contributed by atoms with E-state index in [0.29, 0.717) is 5.69 Å². The van der Waals surface area contributed by atoms with Crippen molar-refractivity contribution in [3.8, 4) is 16.3 Å². The molecule has 1 saturated carbocycles. The number of aromatic nitrogens is 1. The first kappa shape index (κ1) is 16.4. The molecule has 1 amide bonds. The summed E-state index contributed by atoms with van der Waals surface area (Å²) in [6, 6.07) is 6.59. The Kier molecular flexibility index (Phi) is 4.53. The Labute approximate surface area is 143 Å². The van der Waals surface area contributed by atoms with Gasteiger partial charge in [0.25, 0.3) is 5.91 Å². The Morgan fingerprint density at radius 2 is 2.00 bits per heavy atom. The summed E-state index contributed by atoms with van der Waals surface area (Å²) in [5, 5.41) is 11.6. The van der Waals surface area contributed by atoms with Crippen molar-refractivity contribution in [1.82, 2.24) is 9.88 Å². The molecule has 0 aliphatic heterocycles. The van der Waals surface area contributed by atoms with Crippen molar-refractivity contribution in [2.45, 2.75) is 31.8 Å². The molecule has 1 aromatic heterocycles. The number of rotatable bonds is 6. The molecule has 126 valence electrons. The number of hydrogen-bond acceptors (Lipinski definition) is 5. The minimum atomic E-state index is -0.999. The van der Waals surface area contributed by atoms with Crippen LogP contribution in [0.2, 0.25) is 0 Å². The van der Waals surface area contributed by atoms with Gasteiger partial charge in [0.05, 0.1) is 7.11 Å². The summed E-state index contributed by atoms with van der Waals surface area (Å²) in [6.07, 6.45) is 1.69. The predicted molar refractivity (Wildman–Crippen MR) is 90.4 cm³/mol. The van der Waals surface area contributed by atoms with Gasteiger partial charge in [0.15, 0.2) is 0 Å². The van der Waals surface area contributed by atoms with Crippen LogP contribution in [0.4, 0.5) is 0 Å². The first-order chi connectivity index (χ1) is 11.5. The fraction of sp³-hybridized carbons (Fsp3) is 0.353. The lowest BCUT2D eigenvalue weighted by Crippen LogP contribution is -2.44. The van der Waals surface area contributed by atoms with E-state index in [9.17, 15) is 14.7 Å². The standard InChI is InChI=1S/C17H18N2O4S/c1-10(17(21)22)19(12-5-6-12)16(20)14-9-24-15(18-14)11-3-7-13(23-2)8-4-11/h3-4,7-10,12H,5-6H2,1-2H3,(H,21,22). The summed E-state index contributed by atoms with van der Waals surface area (Å²) in [5.74, 6) is -0.564. The number of carbonyl (C=O) groups is 2. The largest absolute Gasteiger partial charge is 0.497 e. The van der Waals surface area contributed by atoms with Gasteiger partial charge in [-0.05, 0) is 44.0 Å². The van der Waals surface area contributed by atoms with Crippen LogP contribution in [-0.2, 0) is 4.79 Å². The zero-order valence-electron chi connectivity index (χ0n) is 13.4. The number of ether oxygens (including phenoxy) is 1. The van der Waals surface area contributed by atoms with Crippen LogP contribution in [0.1, 0.15) is 30.3 Å². The average Bonchev–Trinajstić information content (AvgIpc) is 3.29. The second-order valence-corrected chi connectivity index (χ2v) is 6.58. The first-order valence-corrected chi connectivity index (χ1v) is 8.54. The maximum Gasteiger partial charge on any atom is 0.326 e. The lowest BCUT2D eigenvalue weighted by atomic mass is 10.2. The molecule has 1 aliphatic carbocycles. The summed E-state index contributed by atoms with van der Waals surface area (Å²) < 4.78 is 5.13. The van der Waals surface area contributed by atoms with Crippen molar-refractivity contribution >= 4 is 23.2 Å². The number of carbonyl (C=O) groups excluding carboxylic acids is 1. The highest BCUT2D eigenvalue weighted by Gasteiger charge is 2.39. The Bertz CT molecular complexity index is 752. The van der Waals surface area contributed by atoms with Crippen LogP contribution >= 0.6 is 11.3 Å². The second-order valence-electron chi connectivity index (χ2n) is 5.72. The van der Waals surface area contributed by atoms with E-state index in [1.807, 2.05) is 24.3 Å². The molecule has 1 aliphatic rings. The number of carboxylic acids is 1. The van der Waals surface area contributed by atoms with Crippen LogP contribution in [0.15, 0.2) is 29.6 Å². The Hall–Kier alpha value is -2.41. The SMILES string of the molecule is COc1ccc(-c2nc(C(=O)N(C3CC3)C(C)C(=O)O)cs2)cc1. The van der Waals surface area contributed by atoms with Gasteiger partial charge in [-0.2, -0.15) is 0 Å². The quantitative estimate of drug-likeness (QED) is 0.870. The number of amides is 1. The molecular formula is C17H18N2O4S. The van der Waals surface area contributed by atoms with Crippen LogP contribution in [0, 0.1) is 0 Å². The third kappa shape index (κ3) is 3.26. The van der Waals surface area contributed by atoms with E-state index in [4.69, 9.17) is 4.74 Å². The average molecular weight is 346 g/mol. The minimum absolute atomic E-state index is 0.00902. The lowest BCUT2D eigenvalue weighted by molar-refractivity contribution is -0.141. The van der Waals surface area contributed by atoms with E-state index >= 15 is 0 Å². The Balaban J connectivity index is 1.83. The molecule has 0 bridgehead atoms. The van der Waals surface area contributed by atoms with E-state index < -0.39 is 12.0 Å². The molecule has 1 fully saturated rings. The molecule has 1 N–H and O–H groups in total. The maximum absolute atomic E-state index is 12.7. The van der Waals surface area contributed by atoms with E-state index in [1.165, 1.54) is 23.2 Å². The van der Waals surface area contributed by atoms with Crippen molar-refractivity contribution in [2.75, 3.05) is 7.11 Å². The molecule has 24 heavy (non-hydrogen) atoms. The number of aliphatic carboxylic acids is 1. The first-order valence-electron chi connectivity index (χ1n) is 7.66. The molecule has 6 nitrogen and oxygen atoms in total. The number of thiazole rings is 1. The second kappa shape index (κ2) is 6.60. The summed E-state index contributed by atoms with van der Waals surface area (Å²) in [4.78, 5) is 29.8. The monoisotopic (exact) mass is 346 g/mol. The topological polar surface area (TPSA) is 79.7 Å². The summed E-state index contributed by atoms with van der Waals surface area (Å²) in [5.41, 5.74) is 1.19. The molecule has 1 heterocycles. The summed E-state index contributed by atoms with van der Waals surface area (Å²) in [7, 11) is 1.60. The van der Waals surface area contributed by atoms with E-state index in [-0.39, 0.29) is 11.9 Å². The van der Waals surface area contributed by atoms with Crippen LogP contribution in [0.3, 0.4) is 0 Å². The van der Waals surface area contributed by atoms with Crippen molar-refractivity contribution in [1.29, 1.82) is 0 Å². The fourth-order valence-corrected chi connectivity index (χ4v) is 3.30. The zero-order chi connectivity index (χ0) is 17.3. The smallest absolute Gasteiger partial charge is 0.326 e. The zero-order valence-corrected chi connectivity index (χ0v) is 14.2. The van der Waals surface area contributed by atoms with Crippen LogP contribution < -0.4 is 4.74 Å². The molecule has 0 saturated heterocycles. The van der Waals surface area contributed by atoms with Crippen LogP contribution in [-0.4, -0.2) is 46.1 Å². The van der Waals surface area contributed by atoms with Gasteiger partial charge in [0, 0.05) is 17.0 Å². The third-order valence-corrected chi connectivity index (χ3v) is 4.90. The van der Waals surface area contributed by atoms with Crippen LogP contribution in [0.25, 0.3) is 10.6 Å². The molecule has 1 atom stereocenters. The van der Waals surface area contributed by atoms with Gasteiger partial charge in [-0.3, -0.25) is 4.79 Å². The van der Waals surface area contributed by atoms with Gasteiger partial charge < -0.3 is 14.7 Å². The molecule has 7 heteroatoms. The minimum Gasteiger partial charge on any atom is -0.497 e. The van der Waals surface area contributed by atoms with E-state index in [0.717, 1.165) is 29.2 Å². The molecule has 3 rings (SSSR count). The predicted octanol–water partition coefficient (Wildman–Crippen LogP) is 2.90. The summed E-state index contributed by atoms with van der Waals surface area (Å²) in [6.45, 7) is 1.54. The molecule has 1 unspecified atom stereocenters. The number of hydrogen-bond donors (Lipinski definition) is 1. The highest BCUT2D eigenvalue weighted by Crippen LogP contribution is 2.32. The fourth-order valence-electron chi connectivity index (χ4n) is 2.50. The number of methoxy groups -OCH3 is 1. The highest BCUT2D eigenvalue weighted by atomic mass is 32.1. The van der Waals surface area contributed by atoms with Gasteiger partial charge in [-0.15, -0.1) is 11.3 Å². The van der Waals surface area contributed by atoms with Crippen molar-refractivity contribution in [3.05, 3.63) is 35.3 Å². The van der Waals surface area contributed by atoms with Crippen molar-refractivity contribution < 1.29 is 19.4 Å². The van der Waals surface area contributed by atoms with Gasteiger partial charge in [0.1, 0.15) is 22.5 Å². The number of carboxylic acid groups (broad SMARTS) is 1. The highest BCUT2D eigenvalue weighted by molar-refractivity contribution is 7.13. The van der Waals surface area contributed by atoms with Crippen molar-refractivity contribution in [3.63, 3.8) is 0 Å². The number of nitrogens with zero attached hydrogens (tertiary/aromatic N) is 2. The van der Waals surface area contributed by atoms with Crippen molar-refractivity contribution in [2.24, 2.45) is 0 Å². The normalized spacial score (nSPS) is 14.9. The summed E-state index contributed by atoms with van der Waals surface area (Å²) >= 11 is 1.37. The van der Waals surface area contributed by atoms with Crippen LogP contribution in [0.5, 0.6) is 5.75 Å². The molecule has 0 radical (unpaired) electrons. The van der Waals surface area contributed by atoms with Gasteiger partial charge >= 0.3 is 5.97 Å². The Morgan fingerprint density at radius 3 is 2.54 bits per heavy atom. The van der Waals surface area contributed by atoms with Gasteiger partial charge in [-0.1, -0.05) is 0 Å². The maximum atomic E-state index is 12.7.